The molecule has 1 fully saturated rings. The standard InChI is InChI=1S/C13H17FN2O2/c1-18-13-3-2-11(8-12(13)14)9-15-4-6-16(10-17)7-5-15/h2-3,8,10H,4-7,9H2,1H3. The molecule has 1 heterocycles. The van der Waals surface area contributed by atoms with Gasteiger partial charge in [-0.3, -0.25) is 9.69 Å². The Hall–Kier alpha value is -1.62. The quantitative estimate of drug-likeness (QED) is 0.753. The zero-order valence-corrected chi connectivity index (χ0v) is 10.4. The third-order valence-corrected chi connectivity index (χ3v) is 3.18. The van der Waals surface area contributed by atoms with Crippen LogP contribution in [0.5, 0.6) is 5.75 Å². The van der Waals surface area contributed by atoms with Crippen LogP contribution in [-0.4, -0.2) is 49.5 Å². The van der Waals surface area contributed by atoms with Crippen molar-refractivity contribution in [2.24, 2.45) is 0 Å². The predicted octanol–water partition coefficient (Wildman–Crippen LogP) is 1.11. The Morgan fingerprint density at radius 2 is 2.06 bits per heavy atom. The summed E-state index contributed by atoms with van der Waals surface area (Å²) in [6.07, 6.45) is 0.879. The molecule has 0 N–H and O–H groups in total. The van der Waals surface area contributed by atoms with E-state index in [0.717, 1.165) is 38.2 Å². The van der Waals surface area contributed by atoms with Gasteiger partial charge in [-0.1, -0.05) is 6.07 Å². The van der Waals surface area contributed by atoms with Crippen molar-refractivity contribution in [1.82, 2.24) is 9.80 Å². The van der Waals surface area contributed by atoms with Crippen LogP contribution in [0, 0.1) is 5.82 Å². The first-order valence-electron chi connectivity index (χ1n) is 5.97. The summed E-state index contributed by atoms with van der Waals surface area (Å²) in [4.78, 5) is 14.5. The number of benzene rings is 1. The van der Waals surface area contributed by atoms with E-state index in [0.29, 0.717) is 6.54 Å². The zero-order valence-electron chi connectivity index (χ0n) is 10.4. The summed E-state index contributed by atoms with van der Waals surface area (Å²) in [5.74, 6) is -0.0638. The van der Waals surface area contributed by atoms with Gasteiger partial charge in [-0.15, -0.1) is 0 Å². The lowest BCUT2D eigenvalue weighted by atomic mass is 10.2. The number of halogens is 1. The Kier molecular flexibility index (Phi) is 4.15. The van der Waals surface area contributed by atoms with Crippen molar-refractivity contribution >= 4 is 6.41 Å². The van der Waals surface area contributed by atoms with E-state index in [2.05, 4.69) is 4.90 Å². The van der Waals surface area contributed by atoms with Crippen LogP contribution < -0.4 is 4.74 Å². The maximum absolute atomic E-state index is 13.5. The van der Waals surface area contributed by atoms with E-state index in [1.165, 1.54) is 13.2 Å². The normalized spacial score (nSPS) is 16.7. The highest BCUT2D eigenvalue weighted by Gasteiger charge is 2.15. The van der Waals surface area contributed by atoms with Crippen LogP contribution in [0.15, 0.2) is 18.2 Å². The maximum atomic E-state index is 13.5. The summed E-state index contributed by atoms with van der Waals surface area (Å²) in [5.41, 5.74) is 0.924. The van der Waals surface area contributed by atoms with Crippen molar-refractivity contribution in [3.63, 3.8) is 0 Å². The number of rotatable bonds is 4. The number of amides is 1. The molecule has 0 aliphatic carbocycles. The molecule has 0 atom stereocenters. The number of carbonyl (C=O) groups is 1. The summed E-state index contributed by atoms with van der Waals surface area (Å²) >= 11 is 0. The van der Waals surface area contributed by atoms with E-state index in [9.17, 15) is 9.18 Å². The first-order valence-corrected chi connectivity index (χ1v) is 5.97. The molecule has 1 aliphatic rings. The lowest BCUT2D eigenvalue weighted by molar-refractivity contribution is -0.119. The Morgan fingerprint density at radius 1 is 1.33 bits per heavy atom. The second kappa shape index (κ2) is 5.82. The summed E-state index contributed by atoms with van der Waals surface area (Å²) < 4.78 is 18.4. The Labute approximate surface area is 106 Å². The second-order valence-electron chi connectivity index (χ2n) is 4.39. The van der Waals surface area contributed by atoms with E-state index in [1.807, 2.05) is 6.07 Å². The van der Waals surface area contributed by atoms with Crippen molar-refractivity contribution in [2.75, 3.05) is 33.3 Å². The third-order valence-electron chi connectivity index (χ3n) is 3.18. The minimum Gasteiger partial charge on any atom is -0.494 e. The Morgan fingerprint density at radius 3 is 2.61 bits per heavy atom. The SMILES string of the molecule is COc1ccc(CN2CCN(C=O)CC2)cc1F. The summed E-state index contributed by atoms with van der Waals surface area (Å²) in [7, 11) is 1.46. The molecule has 2 rings (SSSR count). The van der Waals surface area contributed by atoms with Crippen LogP contribution in [0.25, 0.3) is 0 Å². The van der Waals surface area contributed by atoms with Gasteiger partial charge in [0.05, 0.1) is 7.11 Å². The average Bonchev–Trinajstić information content (AvgIpc) is 2.40. The van der Waals surface area contributed by atoms with Gasteiger partial charge < -0.3 is 9.64 Å². The van der Waals surface area contributed by atoms with Crippen molar-refractivity contribution in [3.8, 4) is 5.75 Å². The molecule has 98 valence electrons. The number of carbonyl (C=O) groups excluding carboxylic acids is 1. The zero-order chi connectivity index (χ0) is 13.0. The molecule has 0 spiro atoms. The molecule has 1 aromatic carbocycles. The van der Waals surface area contributed by atoms with Crippen LogP contribution in [0.2, 0.25) is 0 Å². The van der Waals surface area contributed by atoms with Crippen LogP contribution in [-0.2, 0) is 11.3 Å². The fraction of sp³-hybridized carbons (Fsp3) is 0.462. The molecule has 5 heteroatoms. The fourth-order valence-electron chi connectivity index (χ4n) is 2.09. The van der Waals surface area contributed by atoms with Gasteiger partial charge in [0.2, 0.25) is 6.41 Å². The van der Waals surface area contributed by atoms with Gasteiger partial charge in [0.25, 0.3) is 0 Å². The number of hydrogen-bond acceptors (Lipinski definition) is 3. The van der Waals surface area contributed by atoms with Crippen molar-refractivity contribution in [2.45, 2.75) is 6.54 Å². The highest BCUT2D eigenvalue weighted by molar-refractivity contribution is 5.47. The Balaban J connectivity index is 1.94. The predicted molar refractivity (Wildman–Crippen MR) is 65.9 cm³/mol. The molecular weight excluding hydrogens is 235 g/mol. The molecule has 18 heavy (non-hydrogen) atoms. The number of piperazine rings is 1. The molecule has 1 saturated heterocycles. The Bertz CT molecular complexity index is 417. The lowest BCUT2D eigenvalue weighted by Gasteiger charge is -2.32. The summed E-state index contributed by atoms with van der Waals surface area (Å²) in [5, 5.41) is 0. The first-order chi connectivity index (χ1) is 8.72. The molecule has 0 aromatic heterocycles. The smallest absolute Gasteiger partial charge is 0.209 e. The van der Waals surface area contributed by atoms with Gasteiger partial charge in [-0.25, -0.2) is 4.39 Å². The van der Waals surface area contributed by atoms with Crippen LogP contribution >= 0.6 is 0 Å². The molecule has 1 aliphatic heterocycles. The molecule has 0 bridgehead atoms. The van der Waals surface area contributed by atoms with Gasteiger partial charge in [0, 0.05) is 32.7 Å². The monoisotopic (exact) mass is 252 g/mol. The van der Waals surface area contributed by atoms with E-state index >= 15 is 0 Å². The van der Waals surface area contributed by atoms with E-state index < -0.39 is 0 Å². The van der Waals surface area contributed by atoms with Gasteiger partial charge in [-0.05, 0) is 17.7 Å². The third kappa shape index (κ3) is 2.98. The van der Waals surface area contributed by atoms with E-state index in [1.54, 1.807) is 11.0 Å². The van der Waals surface area contributed by atoms with Crippen LogP contribution in [0.1, 0.15) is 5.56 Å². The van der Waals surface area contributed by atoms with Gasteiger partial charge in [0.15, 0.2) is 11.6 Å². The average molecular weight is 252 g/mol. The largest absolute Gasteiger partial charge is 0.494 e. The summed E-state index contributed by atoms with van der Waals surface area (Å²) in [6.45, 7) is 3.83. The first kappa shape index (κ1) is 12.8. The van der Waals surface area contributed by atoms with Crippen LogP contribution in [0.4, 0.5) is 4.39 Å². The topological polar surface area (TPSA) is 32.8 Å². The van der Waals surface area contributed by atoms with Crippen molar-refractivity contribution < 1.29 is 13.9 Å². The molecule has 1 aromatic rings. The molecule has 0 radical (unpaired) electrons. The van der Waals surface area contributed by atoms with Crippen molar-refractivity contribution in [1.29, 1.82) is 0 Å². The van der Waals surface area contributed by atoms with E-state index in [4.69, 9.17) is 4.74 Å². The number of hydrogen-bond donors (Lipinski definition) is 0. The minimum absolute atomic E-state index is 0.268. The maximum Gasteiger partial charge on any atom is 0.209 e. The number of methoxy groups -OCH3 is 1. The second-order valence-corrected chi connectivity index (χ2v) is 4.39. The van der Waals surface area contributed by atoms with Crippen LogP contribution in [0.3, 0.4) is 0 Å². The van der Waals surface area contributed by atoms with Gasteiger partial charge >= 0.3 is 0 Å². The number of ether oxygens (including phenoxy) is 1. The summed E-state index contributed by atoms with van der Waals surface area (Å²) in [6, 6.07) is 5.02. The van der Waals surface area contributed by atoms with Crippen molar-refractivity contribution in [3.05, 3.63) is 29.6 Å². The molecule has 4 nitrogen and oxygen atoms in total. The van der Waals surface area contributed by atoms with Gasteiger partial charge in [-0.2, -0.15) is 0 Å². The number of nitrogens with zero attached hydrogens (tertiary/aromatic N) is 2. The molecule has 1 amide bonds. The fourth-order valence-corrected chi connectivity index (χ4v) is 2.09. The highest BCUT2D eigenvalue weighted by atomic mass is 19.1. The lowest BCUT2D eigenvalue weighted by Crippen LogP contribution is -2.45. The minimum atomic E-state index is -0.332. The highest BCUT2D eigenvalue weighted by Crippen LogP contribution is 2.19. The van der Waals surface area contributed by atoms with E-state index in [-0.39, 0.29) is 11.6 Å². The molecular formula is C13H17FN2O2. The van der Waals surface area contributed by atoms with Gasteiger partial charge in [0.1, 0.15) is 0 Å². The molecule has 0 unspecified atom stereocenters. The molecule has 0 saturated carbocycles.